The van der Waals surface area contributed by atoms with E-state index < -0.39 is 0 Å². The highest BCUT2D eigenvalue weighted by atomic mass is 16.2. The van der Waals surface area contributed by atoms with E-state index in [0.29, 0.717) is 32.0 Å². The van der Waals surface area contributed by atoms with Gasteiger partial charge >= 0.3 is 0 Å². The molecule has 1 aromatic heterocycles. The number of aromatic amines is 1. The van der Waals surface area contributed by atoms with Gasteiger partial charge in [-0.3, -0.25) is 9.59 Å². The SMILES string of the molecule is CCCCC(=O)N(CC(=O)N(CCc1c[nH]c2ccccc12)Cc1ccc(N(C)C)cc1)CC(C)C. The Labute approximate surface area is 216 Å². The number of nitrogens with one attached hydrogen (secondary N) is 1. The topological polar surface area (TPSA) is 59.7 Å². The smallest absolute Gasteiger partial charge is 0.242 e. The quantitative estimate of drug-likeness (QED) is 0.345. The van der Waals surface area contributed by atoms with E-state index in [-0.39, 0.29) is 18.4 Å². The largest absolute Gasteiger partial charge is 0.378 e. The summed E-state index contributed by atoms with van der Waals surface area (Å²) in [6.45, 7) is 8.10. The van der Waals surface area contributed by atoms with Gasteiger partial charge in [-0.25, -0.2) is 0 Å². The standard InChI is InChI=1S/C30H42N4O2/c1-6-7-12-29(35)34(20-23(2)3)22-30(36)33(21-24-13-15-26(16-14-24)32(4)5)18-17-25-19-31-28-11-9-8-10-27(25)28/h8-11,13-16,19,23,31H,6-7,12,17-18,20-22H2,1-5H3. The Bertz CT molecular complexity index is 1120. The number of benzene rings is 2. The van der Waals surface area contributed by atoms with E-state index in [1.54, 1.807) is 4.90 Å². The van der Waals surface area contributed by atoms with Gasteiger partial charge in [-0.15, -0.1) is 0 Å². The van der Waals surface area contributed by atoms with Gasteiger partial charge in [0, 0.05) is 62.9 Å². The molecular weight excluding hydrogens is 448 g/mol. The molecule has 0 aliphatic heterocycles. The lowest BCUT2D eigenvalue weighted by Crippen LogP contribution is -2.44. The highest BCUT2D eigenvalue weighted by Crippen LogP contribution is 2.20. The lowest BCUT2D eigenvalue weighted by atomic mass is 10.1. The van der Waals surface area contributed by atoms with Gasteiger partial charge in [0.15, 0.2) is 0 Å². The molecule has 0 aliphatic rings. The number of amides is 2. The lowest BCUT2D eigenvalue weighted by molar-refractivity contribution is -0.141. The van der Waals surface area contributed by atoms with Gasteiger partial charge in [-0.05, 0) is 48.1 Å². The zero-order valence-electron chi connectivity index (χ0n) is 22.6. The Kier molecular flexibility index (Phi) is 9.97. The van der Waals surface area contributed by atoms with Crippen molar-refractivity contribution in [2.24, 2.45) is 5.92 Å². The van der Waals surface area contributed by atoms with E-state index in [1.807, 2.05) is 37.3 Å². The predicted octanol–water partition coefficient (Wildman–Crippen LogP) is 5.48. The van der Waals surface area contributed by atoms with Crippen LogP contribution in [0.15, 0.2) is 54.7 Å². The Morgan fingerprint density at radius 1 is 0.944 bits per heavy atom. The van der Waals surface area contributed by atoms with Crippen LogP contribution in [0.1, 0.15) is 51.2 Å². The molecule has 1 heterocycles. The Morgan fingerprint density at radius 2 is 1.67 bits per heavy atom. The third kappa shape index (κ3) is 7.61. The molecule has 0 atom stereocenters. The molecule has 0 radical (unpaired) electrons. The molecule has 6 nitrogen and oxygen atoms in total. The maximum Gasteiger partial charge on any atom is 0.242 e. The third-order valence-electron chi connectivity index (χ3n) is 6.51. The molecule has 1 N–H and O–H groups in total. The van der Waals surface area contributed by atoms with Crippen molar-refractivity contribution in [3.63, 3.8) is 0 Å². The van der Waals surface area contributed by atoms with Crippen molar-refractivity contribution in [3.05, 3.63) is 65.9 Å². The minimum absolute atomic E-state index is 0.00275. The van der Waals surface area contributed by atoms with E-state index in [0.717, 1.165) is 36.0 Å². The number of aromatic nitrogens is 1. The van der Waals surface area contributed by atoms with Crippen molar-refractivity contribution in [1.82, 2.24) is 14.8 Å². The second-order valence-electron chi connectivity index (χ2n) is 10.3. The summed E-state index contributed by atoms with van der Waals surface area (Å²) in [5, 5.41) is 1.19. The summed E-state index contributed by atoms with van der Waals surface area (Å²) in [6, 6.07) is 16.6. The zero-order valence-corrected chi connectivity index (χ0v) is 22.6. The predicted molar refractivity (Wildman–Crippen MR) is 149 cm³/mol. The molecule has 0 aliphatic carbocycles. The molecular formula is C30H42N4O2. The van der Waals surface area contributed by atoms with Crippen molar-refractivity contribution in [2.75, 3.05) is 38.6 Å². The van der Waals surface area contributed by atoms with Crippen molar-refractivity contribution >= 4 is 28.4 Å². The molecule has 0 saturated heterocycles. The molecule has 3 aromatic rings. The first kappa shape index (κ1) is 27.3. The number of rotatable bonds is 13. The van der Waals surface area contributed by atoms with Gasteiger partial charge in [0.2, 0.25) is 11.8 Å². The van der Waals surface area contributed by atoms with E-state index in [2.05, 4.69) is 67.1 Å². The summed E-state index contributed by atoms with van der Waals surface area (Å²) in [6.07, 6.45) is 5.11. The fourth-order valence-corrected chi connectivity index (χ4v) is 4.45. The summed E-state index contributed by atoms with van der Waals surface area (Å²) in [7, 11) is 4.04. The van der Waals surface area contributed by atoms with Crippen LogP contribution in [0.2, 0.25) is 0 Å². The number of para-hydroxylation sites is 1. The number of unbranched alkanes of at least 4 members (excludes halogenated alkanes) is 1. The fourth-order valence-electron chi connectivity index (χ4n) is 4.45. The van der Waals surface area contributed by atoms with Gasteiger partial charge in [-0.1, -0.05) is 57.5 Å². The van der Waals surface area contributed by atoms with Gasteiger partial charge in [0.1, 0.15) is 0 Å². The van der Waals surface area contributed by atoms with Crippen LogP contribution in [0, 0.1) is 5.92 Å². The monoisotopic (exact) mass is 490 g/mol. The number of carbonyl (C=O) groups is 2. The lowest BCUT2D eigenvalue weighted by Gasteiger charge is -2.29. The molecule has 0 spiro atoms. The average Bonchev–Trinajstić information content (AvgIpc) is 3.27. The zero-order chi connectivity index (χ0) is 26.1. The van der Waals surface area contributed by atoms with Gasteiger partial charge in [0.25, 0.3) is 0 Å². The Hall–Kier alpha value is -3.28. The van der Waals surface area contributed by atoms with E-state index >= 15 is 0 Å². The van der Waals surface area contributed by atoms with Crippen LogP contribution in [-0.4, -0.2) is 60.3 Å². The van der Waals surface area contributed by atoms with E-state index in [1.165, 1.54) is 10.9 Å². The molecule has 36 heavy (non-hydrogen) atoms. The second-order valence-corrected chi connectivity index (χ2v) is 10.3. The first-order valence-electron chi connectivity index (χ1n) is 13.1. The van der Waals surface area contributed by atoms with Crippen LogP contribution in [-0.2, 0) is 22.6 Å². The first-order chi connectivity index (χ1) is 17.3. The fraction of sp³-hybridized carbons (Fsp3) is 0.467. The maximum atomic E-state index is 13.6. The van der Waals surface area contributed by atoms with Crippen molar-refractivity contribution in [3.8, 4) is 0 Å². The van der Waals surface area contributed by atoms with Crippen LogP contribution in [0.25, 0.3) is 10.9 Å². The van der Waals surface area contributed by atoms with Crippen LogP contribution in [0.5, 0.6) is 0 Å². The van der Waals surface area contributed by atoms with Crippen LogP contribution < -0.4 is 4.90 Å². The Morgan fingerprint density at radius 3 is 2.33 bits per heavy atom. The summed E-state index contributed by atoms with van der Waals surface area (Å²) in [5.41, 5.74) is 4.51. The van der Waals surface area contributed by atoms with Crippen LogP contribution in [0.4, 0.5) is 5.69 Å². The van der Waals surface area contributed by atoms with Gasteiger partial charge in [0.05, 0.1) is 6.54 Å². The number of hydrogen-bond acceptors (Lipinski definition) is 3. The number of fused-ring (bicyclic) bond motifs is 1. The van der Waals surface area contributed by atoms with Gasteiger partial charge in [-0.2, -0.15) is 0 Å². The van der Waals surface area contributed by atoms with Crippen LogP contribution in [0.3, 0.4) is 0 Å². The molecule has 0 saturated carbocycles. The number of nitrogens with zero attached hydrogens (tertiary/aromatic N) is 3. The molecule has 0 unspecified atom stereocenters. The molecule has 194 valence electrons. The van der Waals surface area contributed by atoms with Crippen molar-refractivity contribution < 1.29 is 9.59 Å². The first-order valence-corrected chi connectivity index (χ1v) is 13.1. The number of hydrogen-bond donors (Lipinski definition) is 1. The number of H-pyrrole nitrogens is 1. The van der Waals surface area contributed by atoms with Crippen molar-refractivity contribution in [2.45, 2.75) is 53.0 Å². The maximum absolute atomic E-state index is 13.6. The highest BCUT2D eigenvalue weighted by molar-refractivity contribution is 5.85. The summed E-state index contributed by atoms with van der Waals surface area (Å²) < 4.78 is 0. The van der Waals surface area contributed by atoms with Gasteiger partial charge < -0.3 is 19.7 Å². The minimum atomic E-state index is -0.00275. The number of anilines is 1. The summed E-state index contributed by atoms with van der Waals surface area (Å²) >= 11 is 0. The third-order valence-corrected chi connectivity index (χ3v) is 6.51. The average molecular weight is 491 g/mol. The van der Waals surface area contributed by atoms with E-state index in [9.17, 15) is 9.59 Å². The highest BCUT2D eigenvalue weighted by Gasteiger charge is 2.22. The number of carbonyl (C=O) groups excluding carboxylic acids is 2. The summed E-state index contributed by atoms with van der Waals surface area (Å²) in [4.78, 5) is 35.6. The van der Waals surface area contributed by atoms with Crippen molar-refractivity contribution in [1.29, 1.82) is 0 Å². The molecule has 2 amide bonds. The van der Waals surface area contributed by atoms with E-state index in [4.69, 9.17) is 0 Å². The van der Waals surface area contributed by atoms with Crippen LogP contribution >= 0.6 is 0 Å². The molecule has 0 bridgehead atoms. The molecule has 6 heteroatoms. The minimum Gasteiger partial charge on any atom is -0.378 e. The molecule has 0 fully saturated rings. The molecule has 2 aromatic carbocycles. The molecule has 3 rings (SSSR count). The second kappa shape index (κ2) is 13.1. The normalized spacial score (nSPS) is 11.2. The Balaban J connectivity index is 1.78. The summed E-state index contributed by atoms with van der Waals surface area (Å²) in [5.74, 6) is 0.379.